The van der Waals surface area contributed by atoms with Crippen molar-refractivity contribution in [2.75, 3.05) is 6.54 Å². The molecule has 0 fully saturated rings. The van der Waals surface area contributed by atoms with Crippen LogP contribution in [0.3, 0.4) is 0 Å². The monoisotopic (exact) mass is 263 g/mol. The Morgan fingerprint density at radius 2 is 2.23 bits per heavy atom. The zero-order valence-electron chi connectivity index (χ0n) is 7.00. The van der Waals surface area contributed by atoms with Crippen LogP contribution in [-0.2, 0) is 6.42 Å². The molecule has 13 heavy (non-hydrogen) atoms. The molecule has 0 spiro atoms. The van der Waals surface area contributed by atoms with Gasteiger partial charge in [0.1, 0.15) is 0 Å². The second-order valence-corrected chi connectivity index (χ2v) is 4.10. The largest absolute Gasteiger partial charge is 0.391 e. The number of hydrogen-bond acceptors (Lipinski definition) is 2. The molecule has 0 aromatic heterocycles. The lowest BCUT2D eigenvalue weighted by molar-refractivity contribution is 0.183. The number of rotatable bonds is 3. The lowest BCUT2D eigenvalue weighted by atomic mass is 10.1. The van der Waals surface area contributed by atoms with Crippen LogP contribution >= 0.6 is 27.5 Å². The highest BCUT2D eigenvalue weighted by Gasteiger charge is 2.04. The standard InChI is InChI=1S/C9H11BrClNO/c10-8-2-1-6(4-9(8)11)3-7(13)5-12/h1-2,4,7,13H,3,5,12H2. The van der Waals surface area contributed by atoms with Crippen molar-refractivity contribution in [1.29, 1.82) is 0 Å². The van der Waals surface area contributed by atoms with E-state index in [4.69, 9.17) is 17.3 Å². The molecule has 0 saturated heterocycles. The summed E-state index contributed by atoms with van der Waals surface area (Å²) in [5.41, 5.74) is 6.29. The van der Waals surface area contributed by atoms with Crippen LogP contribution in [0.1, 0.15) is 5.56 Å². The highest BCUT2D eigenvalue weighted by atomic mass is 79.9. The molecule has 3 N–H and O–H groups in total. The highest BCUT2D eigenvalue weighted by Crippen LogP contribution is 2.23. The highest BCUT2D eigenvalue weighted by molar-refractivity contribution is 9.10. The van der Waals surface area contributed by atoms with Crippen molar-refractivity contribution in [1.82, 2.24) is 0 Å². The van der Waals surface area contributed by atoms with Crippen LogP contribution in [0.15, 0.2) is 22.7 Å². The molecule has 72 valence electrons. The molecule has 1 rings (SSSR count). The molecule has 1 aromatic carbocycles. The van der Waals surface area contributed by atoms with E-state index in [-0.39, 0.29) is 6.54 Å². The lowest BCUT2D eigenvalue weighted by Gasteiger charge is -2.07. The number of nitrogens with two attached hydrogens (primary N) is 1. The number of aliphatic hydroxyl groups excluding tert-OH is 1. The zero-order valence-corrected chi connectivity index (χ0v) is 9.35. The maximum Gasteiger partial charge on any atom is 0.0702 e. The Morgan fingerprint density at radius 1 is 1.54 bits per heavy atom. The summed E-state index contributed by atoms with van der Waals surface area (Å²) >= 11 is 9.17. The van der Waals surface area contributed by atoms with Crippen molar-refractivity contribution < 1.29 is 5.11 Å². The maximum absolute atomic E-state index is 9.29. The van der Waals surface area contributed by atoms with Crippen molar-refractivity contribution in [3.63, 3.8) is 0 Å². The van der Waals surface area contributed by atoms with Gasteiger partial charge in [0.25, 0.3) is 0 Å². The van der Waals surface area contributed by atoms with Gasteiger partial charge in [0.2, 0.25) is 0 Å². The minimum Gasteiger partial charge on any atom is -0.391 e. The molecule has 1 aromatic rings. The summed E-state index contributed by atoms with van der Waals surface area (Å²) in [5.74, 6) is 0. The average molecular weight is 265 g/mol. The first-order valence-corrected chi connectivity index (χ1v) is 5.12. The fourth-order valence-corrected chi connectivity index (χ4v) is 1.47. The van der Waals surface area contributed by atoms with Crippen molar-refractivity contribution in [3.05, 3.63) is 33.3 Å². The first kappa shape index (κ1) is 11.0. The van der Waals surface area contributed by atoms with E-state index in [2.05, 4.69) is 15.9 Å². The predicted octanol–water partition coefficient (Wildman–Crippen LogP) is 1.96. The molecular formula is C9H11BrClNO. The normalized spacial score (nSPS) is 12.9. The Labute approximate surface area is 90.8 Å². The summed E-state index contributed by atoms with van der Waals surface area (Å²) in [6.45, 7) is 0.272. The Bertz CT molecular complexity index is 293. The van der Waals surface area contributed by atoms with Gasteiger partial charge in [0.05, 0.1) is 11.1 Å². The molecule has 0 amide bonds. The summed E-state index contributed by atoms with van der Waals surface area (Å²) in [6, 6.07) is 5.60. The molecule has 0 aliphatic heterocycles. The van der Waals surface area contributed by atoms with Gasteiger partial charge in [-0.05, 0) is 40.0 Å². The summed E-state index contributed by atoms with van der Waals surface area (Å²) < 4.78 is 0.861. The molecule has 0 bridgehead atoms. The second-order valence-electron chi connectivity index (χ2n) is 2.84. The fraction of sp³-hybridized carbons (Fsp3) is 0.333. The summed E-state index contributed by atoms with van der Waals surface area (Å²) in [7, 11) is 0. The Morgan fingerprint density at radius 3 is 2.77 bits per heavy atom. The molecule has 0 saturated carbocycles. The van der Waals surface area contributed by atoms with Crippen LogP contribution in [0.4, 0.5) is 0 Å². The topological polar surface area (TPSA) is 46.2 Å². The molecule has 0 heterocycles. The van der Waals surface area contributed by atoms with E-state index < -0.39 is 6.10 Å². The molecule has 0 aliphatic carbocycles. The van der Waals surface area contributed by atoms with Gasteiger partial charge in [0, 0.05) is 11.0 Å². The van der Waals surface area contributed by atoms with Gasteiger partial charge >= 0.3 is 0 Å². The quantitative estimate of drug-likeness (QED) is 0.877. The second kappa shape index (κ2) is 4.96. The van der Waals surface area contributed by atoms with E-state index in [0.717, 1.165) is 10.0 Å². The molecule has 4 heteroatoms. The molecular weight excluding hydrogens is 253 g/mol. The van der Waals surface area contributed by atoms with Crippen molar-refractivity contribution in [3.8, 4) is 0 Å². The van der Waals surface area contributed by atoms with Gasteiger partial charge in [-0.1, -0.05) is 17.7 Å². The summed E-state index contributed by atoms with van der Waals surface area (Å²) in [6.07, 6.45) is 0.0565. The third-order valence-electron chi connectivity index (χ3n) is 1.73. The number of halogens is 2. The van der Waals surface area contributed by atoms with Gasteiger partial charge in [-0.15, -0.1) is 0 Å². The van der Waals surface area contributed by atoms with Crippen molar-refractivity contribution in [2.45, 2.75) is 12.5 Å². The molecule has 0 aliphatic rings. The van der Waals surface area contributed by atoms with Crippen LogP contribution in [0, 0.1) is 0 Å². The minimum atomic E-state index is -0.489. The lowest BCUT2D eigenvalue weighted by Crippen LogP contribution is -2.21. The zero-order chi connectivity index (χ0) is 9.84. The predicted molar refractivity (Wildman–Crippen MR) is 57.9 cm³/mol. The summed E-state index contributed by atoms with van der Waals surface area (Å²) in [4.78, 5) is 0. The van der Waals surface area contributed by atoms with Gasteiger partial charge in [-0.25, -0.2) is 0 Å². The smallest absolute Gasteiger partial charge is 0.0702 e. The van der Waals surface area contributed by atoms with E-state index in [0.29, 0.717) is 11.4 Å². The molecule has 1 unspecified atom stereocenters. The molecule has 1 atom stereocenters. The number of hydrogen-bond donors (Lipinski definition) is 2. The molecule has 0 radical (unpaired) electrons. The Kier molecular flexibility index (Phi) is 4.19. The first-order chi connectivity index (χ1) is 6.13. The maximum atomic E-state index is 9.29. The molecule has 2 nitrogen and oxygen atoms in total. The SMILES string of the molecule is NCC(O)Cc1ccc(Br)c(Cl)c1. The van der Waals surface area contributed by atoms with Crippen LogP contribution in [0.25, 0.3) is 0 Å². The summed E-state index contributed by atoms with van der Waals surface area (Å²) in [5, 5.41) is 9.95. The van der Waals surface area contributed by atoms with E-state index >= 15 is 0 Å². The van der Waals surface area contributed by atoms with Crippen molar-refractivity contribution in [2.24, 2.45) is 5.73 Å². The van der Waals surface area contributed by atoms with E-state index in [1.807, 2.05) is 18.2 Å². The van der Waals surface area contributed by atoms with Crippen LogP contribution in [0.2, 0.25) is 5.02 Å². The van der Waals surface area contributed by atoms with Gasteiger partial charge in [0.15, 0.2) is 0 Å². The van der Waals surface area contributed by atoms with E-state index in [1.165, 1.54) is 0 Å². The van der Waals surface area contributed by atoms with Gasteiger partial charge in [-0.2, -0.15) is 0 Å². The minimum absolute atomic E-state index is 0.272. The fourth-order valence-electron chi connectivity index (χ4n) is 1.02. The van der Waals surface area contributed by atoms with E-state index in [9.17, 15) is 5.11 Å². The number of benzene rings is 1. The third kappa shape index (κ3) is 3.27. The van der Waals surface area contributed by atoms with Crippen LogP contribution in [-0.4, -0.2) is 17.8 Å². The Balaban J connectivity index is 2.73. The first-order valence-electron chi connectivity index (χ1n) is 3.95. The van der Waals surface area contributed by atoms with Crippen LogP contribution < -0.4 is 5.73 Å². The van der Waals surface area contributed by atoms with Crippen molar-refractivity contribution >= 4 is 27.5 Å². The van der Waals surface area contributed by atoms with Gasteiger partial charge < -0.3 is 10.8 Å². The Hall–Kier alpha value is -0.0900. The van der Waals surface area contributed by atoms with Gasteiger partial charge in [-0.3, -0.25) is 0 Å². The average Bonchev–Trinajstić information content (AvgIpc) is 2.11. The third-order valence-corrected chi connectivity index (χ3v) is 2.96. The van der Waals surface area contributed by atoms with E-state index in [1.54, 1.807) is 0 Å². The number of aliphatic hydroxyl groups is 1. The van der Waals surface area contributed by atoms with Crippen LogP contribution in [0.5, 0.6) is 0 Å².